The van der Waals surface area contributed by atoms with Gasteiger partial charge in [0.05, 0.1) is 30.4 Å². The second-order valence-electron chi connectivity index (χ2n) is 9.95. The molecule has 0 spiro atoms. The quantitative estimate of drug-likeness (QED) is 0.343. The van der Waals surface area contributed by atoms with Crippen molar-refractivity contribution in [2.45, 2.75) is 45.8 Å². The molecule has 0 atom stereocenters. The van der Waals surface area contributed by atoms with E-state index in [0.717, 1.165) is 11.6 Å². The number of aryl methyl sites for hydroxylation is 1. The van der Waals surface area contributed by atoms with Crippen LogP contribution in [-0.2, 0) is 37.1 Å². The van der Waals surface area contributed by atoms with E-state index in [1.807, 2.05) is 18.2 Å². The number of aliphatic hydroxyl groups is 1. The highest BCUT2D eigenvalue weighted by Crippen LogP contribution is 2.38. The molecule has 0 radical (unpaired) electrons. The van der Waals surface area contributed by atoms with Gasteiger partial charge < -0.3 is 19.1 Å². The number of aromatic nitrogens is 7. The van der Waals surface area contributed by atoms with Crippen LogP contribution in [0.2, 0.25) is 0 Å². The number of hydrogen-bond donors (Lipinski definition) is 1. The Hall–Kier alpha value is -4.36. The normalized spacial score (nSPS) is 13.7. The summed E-state index contributed by atoms with van der Waals surface area (Å²) in [7, 11) is 1.62. The molecule has 0 fully saturated rings. The van der Waals surface area contributed by atoms with Crippen molar-refractivity contribution in [1.29, 1.82) is 0 Å². The summed E-state index contributed by atoms with van der Waals surface area (Å²) in [4.78, 5) is 14.6. The number of halogens is 3. The highest BCUT2D eigenvalue weighted by molar-refractivity contribution is 5.83. The van der Waals surface area contributed by atoms with Gasteiger partial charge in [-0.15, -0.1) is 0 Å². The molecule has 4 heterocycles. The maximum atomic E-state index is 15.3. The Balaban J connectivity index is 1.50. The first kappa shape index (κ1) is 25.9. The molecule has 0 amide bonds. The Morgan fingerprint density at radius 3 is 2.50 bits per heavy atom. The van der Waals surface area contributed by atoms with Gasteiger partial charge in [0.25, 0.3) is 0 Å². The lowest BCUT2D eigenvalue weighted by molar-refractivity contribution is -0.0531. The molecule has 0 aliphatic carbocycles. The van der Waals surface area contributed by atoms with Gasteiger partial charge >= 0.3 is 6.61 Å². The predicted molar refractivity (Wildman–Crippen MR) is 137 cm³/mol. The lowest BCUT2D eigenvalue weighted by Gasteiger charge is -2.23. The lowest BCUT2D eigenvalue weighted by atomic mass is 9.97. The molecule has 40 heavy (non-hydrogen) atoms. The van der Waals surface area contributed by atoms with Crippen molar-refractivity contribution in [2.75, 3.05) is 0 Å². The van der Waals surface area contributed by atoms with E-state index in [0.29, 0.717) is 39.2 Å². The zero-order valence-electron chi connectivity index (χ0n) is 21.8. The topological polar surface area (TPSA) is 113 Å². The van der Waals surface area contributed by atoms with Gasteiger partial charge in [-0.05, 0) is 43.2 Å². The largest absolute Gasteiger partial charge is 0.431 e. The number of rotatable bonds is 5. The van der Waals surface area contributed by atoms with E-state index in [9.17, 15) is 13.9 Å². The van der Waals surface area contributed by atoms with Gasteiger partial charge in [-0.25, -0.2) is 19.3 Å². The fourth-order valence-corrected chi connectivity index (χ4v) is 4.80. The van der Waals surface area contributed by atoms with Crippen molar-refractivity contribution in [3.05, 3.63) is 71.4 Å². The van der Waals surface area contributed by atoms with Crippen molar-refractivity contribution in [3.63, 3.8) is 0 Å². The summed E-state index contributed by atoms with van der Waals surface area (Å²) in [5.41, 5.74) is 3.01. The molecule has 3 aromatic heterocycles. The minimum Gasteiger partial charge on any atom is -0.431 e. The van der Waals surface area contributed by atoms with E-state index in [1.165, 1.54) is 11.0 Å². The number of fused-ring (bicyclic) bond motifs is 4. The number of ether oxygens (including phenoxy) is 2. The molecule has 2 aromatic carbocycles. The third-order valence-electron chi connectivity index (χ3n) is 6.69. The van der Waals surface area contributed by atoms with E-state index in [1.54, 1.807) is 37.9 Å². The molecule has 1 aliphatic heterocycles. The summed E-state index contributed by atoms with van der Waals surface area (Å²) in [6, 6.07) is 6.66. The Bertz CT molecular complexity index is 1730. The molecule has 10 nitrogen and oxygen atoms in total. The van der Waals surface area contributed by atoms with Crippen LogP contribution in [0.15, 0.2) is 42.9 Å². The van der Waals surface area contributed by atoms with Crippen LogP contribution in [0.4, 0.5) is 13.2 Å². The fraction of sp³-hybridized carbons (Fsp3) is 0.296. The summed E-state index contributed by atoms with van der Waals surface area (Å²) in [6.07, 6.45) is 4.69. The minimum atomic E-state index is -3.23. The van der Waals surface area contributed by atoms with E-state index in [2.05, 4.69) is 25.1 Å². The molecular formula is C27H24F3N7O3. The van der Waals surface area contributed by atoms with Crippen LogP contribution in [0, 0.1) is 5.82 Å². The van der Waals surface area contributed by atoms with Crippen LogP contribution in [-0.4, -0.2) is 46.2 Å². The second-order valence-corrected chi connectivity index (χ2v) is 9.95. The fourth-order valence-electron chi connectivity index (χ4n) is 4.80. The highest BCUT2D eigenvalue weighted by Gasteiger charge is 2.27. The van der Waals surface area contributed by atoms with Crippen LogP contribution in [0.25, 0.3) is 33.4 Å². The molecular weight excluding hydrogens is 527 g/mol. The van der Waals surface area contributed by atoms with Gasteiger partial charge in [0.2, 0.25) is 0 Å². The maximum Gasteiger partial charge on any atom is 0.387 e. The molecule has 0 saturated carbocycles. The molecule has 1 N–H and O–H groups in total. The summed E-state index contributed by atoms with van der Waals surface area (Å²) in [5, 5.41) is 18.5. The van der Waals surface area contributed by atoms with Crippen molar-refractivity contribution in [2.24, 2.45) is 7.05 Å². The maximum absolute atomic E-state index is 15.3. The number of nitrogens with zero attached hydrogens (tertiary/aromatic N) is 7. The number of imidazole rings is 1. The Kier molecular flexibility index (Phi) is 6.27. The second kappa shape index (κ2) is 9.68. The first-order valence-electron chi connectivity index (χ1n) is 12.4. The molecule has 5 aromatic rings. The van der Waals surface area contributed by atoms with Crippen LogP contribution < -0.4 is 4.74 Å². The average Bonchev–Trinajstić information content (AvgIpc) is 3.47. The first-order valence-corrected chi connectivity index (χ1v) is 12.4. The van der Waals surface area contributed by atoms with Crippen LogP contribution in [0.3, 0.4) is 0 Å². The van der Waals surface area contributed by atoms with Crippen molar-refractivity contribution < 1.29 is 27.8 Å². The van der Waals surface area contributed by atoms with E-state index < -0.39 is 23.8 Å². The number of benzene rings is 2. The van der Waals surface area contributed by atoms with Crippen molar-refractivity contribution >= 4 is 11.0 Å². The number of alkyl halides is 2. The third kappa shape index (κ3) is 4.67. The molecule has 13 heteroatoms. The minimum absolute atomic E-state index is 0.000464. The Morgan fingerprint density at radius 1 is 1.05 bits per heavy atom. The summed E-state index contributed by atoms with van der Waals surface area (Å²) in [5.74, 6) is -0.675. The monoisotopic (exact) mass is 551 g/mol. The molecule has 0 unspecified atom stereocenters. The molecule has 1 aliphatic rings. The summed E-state index contributed by atoms with van der Waals surface area (Å²) >= 11 is 0. The molecule has 0 bridgehead atoms. The van der Waals surface area contributed by atoms with Gasteiger partial charge in [0.1, 0.15) is 23.7 Å². The van der Waals surface area contributed by atoms with Gasteiger partial charge in [-0.1, -0.05) is 6.07 Å². The summed E-state index contributed by atoms with van der Waals surface area (Å²) < 4.78 is 54.6. The number of hydrogen-bond acceptors (Lipinski definition) is 8. The van der Waals surface area contributed by atoms with E-state index in [-0.39, 0.29) is 31.1 Å². The zero-order valence-corrected chi connectivity index (χ0v) is 21.8. The standard InChI is InChI=1S/C27H24F3N7O3/c1-27(2,38)25-31-8-15(9-32-25)14-4-5-20-22(6-14)37-11-17-18(12-39-13-23(37)34-20)16(21-10-33-36(3)35-21)7-19(28)24(17)40-26(29)30/h4-10,26,38H,11-13H2,1-3H3. The smallest absolute Gasteiger partial charge is 0.387 e. The van der Waals surface area contributed by atoms with Crippen LogP contribution in [0.5, 0.6) is 5.75 Å². The highest BCUT2D eigenvalue weighted by atomic mass is 19.3. The van der Waals surface area contributed by atoms with Crippen molar-refractivity contribution in [1.82, 2.24) is 34.5 Å². The SMILES string of the molecule is Cn1ncc(-c2cc(F)c(OC(F)F)c3c2COCc2nc4ccc(-c5cnc(C(C)(C)O)nc5)cc4n2C3)n1. The summed E-state index contributed by atoms with van der Waals surface area (Å²) in [6.45, 7) is 0.0980. The molecule has 206 valence electrons. The Morgan fingerprint density at radius 2 is 1.82 bits per heavy atom. The lowest BCUT2D eigenvalue weighted by Crippen LogP contribution is -2.19. The van der Waals surface area contributed by atoms with Gasteiger partial charge in [0.15, 0.2) is 17.4 Å². The van der Waals surface area contributed by atoms with E-state index >= 15 is 4.39 Å². The zero-order chi connectivity index (χ0) is 28.2. The van der Waals surface area contributed by atoms with Gasteiger partial charge in [-0.3, -0.25) is 0 Å². The van der Waals surface area contributed by atoms with Crippen LogP contribution >= 0.6 is 0 Å². The van der Waals surface area contributed by atoms with Crippen molar-refractivity contribution in [3.8, 4) is 28.1 Å². The molecule has 0 saturated heterocycles. The first-order chi connectivity index (χ1) is 19.1. The van der Waals surface area contributed by atoms with Crippen LogP contribution in [0.1, 0.15) is 36.6 Å². The third-order valence-corrected chi connectivity index (χ3v) is 6.69. The predicted octanol–water partition coefficient (Wildman–Crippen LogP) is 4.34. The van der Waals surface area contributed by atoms with Gasteiger partial charge in [-0.2, -0.15) is 23.8 Å². The molecule has 6 rings (SSSR count). The average molecular weight is 552 g/mol. The van der Waals surface area contributed by atoms with E-state index in [4.69, 9.17) is 9.47 Å². The Labute approximate surface area is 226 Å². The van der Waals surface area contributed by atoms with Gasteiger partial charge in [0, 0.05) is 36.1 Å².